The van der Waals surface area contributed by atoms with Crippen LogP contribution in [0.3, 0.4) is 0 Å². The van der Waals surface area contributed by atoms with Gasteiger partial charge in [0.15, 0.2) is 0 Å². The lowest BCUT2D eigenvalue weighted by molar-refractivity contribution is -0.150. The summed E-state index contributed by atoms with van der Waals surface area (Å²) in [4.78, 5) is 12.2. The van der Waals surface area contributed by atoms with E-state index < -0.39 is 0 Å². The van der Waals surface area contributed by atoms with E-state index in [0.717, 1.165) is 12.8 Å². The Morgan fingerprint density at radius 2 is 1.62 bits per heavy atom. The van der Waals surface area contributed by atoms with Crippen LogP contribution in [-0.2, 0) is 23.7 Å². The van der Waals surface area contributed by atoms with Gasteiger partial charge in [-0.05, 0) is 12.8 Å². The van der Waals surface area contributed by atoms with Crippen LogP contribution in [0.1, 0.15) is 26.7 Å². The molecule has 21 heavy (non-hydrogen) atoms. The van der Waals surface area contributed by atoms with Crippen molar-refractivity contribution in [3.05, 3.63) is 0 Å². The summed E-state index contributed by atoms with van der Waals surface area (Å²) >= 11 is 0. The van der Waals surface area contributed by atoms with Crippen molar-refractivity contribution in [2.45, 2.75) is 51.1 Å². The van der Waals surface area contributed by atoms with Gasteiger partial charge in [-0.1, -0.05) is 13.8 Å². The summed E-state index contributed by atoms with van der Waals surface area (Å²) in [5.74, 6) is 0.419. The Bertz CT molecular complexity index is 398. The second-order valence-electron chi connectivity index (χ2n) is 6.42. The Balaban J connectivity index is 1.90. The summed E-state index contributed by atoms with van der Waals surface area (Å²) in [6.45, 7) is 4.85. The Labute approximate surface area is 126 Å². The number of esters is 1. The normalized spacial score (nSPS) is 47.6. The van der Waals surface area contributed by atoms with Crippen LogP contribution >= 0.6 is 0 Å². The Hall–Kier alpha value is -0.650. The highest BCUT2D eigenvalue weighted by Crippen LogP contribution is 2.57. The van der Waals surface area contributed by atoms with Gasteiger partial charge in [-0.2, -0.15) is 0 Å². The number of fused-ring (bicyclic) bond motifs is 5. The van der Waals surface area contributed by atoms with Crippen LogP contribution in [0.25, 0.3) is 0 Å². The van der Waals surface area contributed by atoms with E-state index in [-0.39, 0.29) is 42.2 Å². The molecule has 3 aliphatic heterocycles. The van der Waals surface area contributed by atoms with E-state index in [2.05, 4.69) is 13.8 Å². The van der Waals surface area contributed by atoms with E-state index in [1.807, 2.05) is 0 Å². The first-order chi connectivity index (χ1) is 10.2. The highest BCUT2D eigenvalue weighted by atomic mass is 16.6. The molecule has 3 rings (SSSR count). The fourth-order valence-electron chi connectivity index (χ4n) is 4.86. The molecule has 3 heterocycles. The summed E-state index contributed by atoms with van der Waals surface area (Å²) in [6, 6.07) is 0. The number of carbonyl (C=O) groups is 1. The first kappa shape index (κ1) is 15.3. The predicted molar refractivity (Wildman–Crippen MR) is 75.8 cm³/mol. The monoisotopic (exact) mass is 298 g/mol. The van der Waals surface area contributed by atoms with Crippen molar-refractivity contribution in [1.29, 1.82) is 0 Å². The molecule has 8 unspecified atom stereocenters. The quantitative estimate of drug-likeness (QED) is 0.722. The highest BCUT2D eigenvalue weighted by molar-refractivity contribution is 5.74. The molecule has 0 spiro atoms. The Morgan fingerprint density at radius 3 is 2.14 bits per heavy atom. The maximum absolute atomic E-state index is 12.2. The van der Waals surface area contributed by atoms with Crippen molar-refractivity contribution in [2.75, 3.05) is 20.8 Å². The van der Waals surface area contributed by atoms with Gasteiger partial charge in [-0.15, -0.1) is 0 Å². The fraction of sp³-hybridized carbons (Fsp3) is 0.938. The third kappa shape index (κ3) is 2.13. The van der Waals surface area contributed by atoms with E-state index in [1.165, 1.54) is 7.11 Å². The lowest BCUT2D eigenvalue weighted by atomic mass is 9.66. The SMILES string of the molecule is CCC1OC(CC)C2C3OC(C(COC)C3C(=O)OC)C12. The van der Waals surface area contributed by atoms with Crippen LogP contribution in [0.2, 0.25) is 0 Å². The summed E-state index contributed by atoms with van der Waals surface area (Å²) in [5.41, 5.74) is 0. The van der Waals surface area contributed by atoms with Gasteiger partial charge >= 0.3 is 5.97 Å². The van der Waals surface area contributed by atoms with E-state index >= 15 is 0 Å². The van der Waals surface area contributed by atoms with E-state index in [4.69, 9.17) is 18.9 Å². The molecule has 120 valence electrons. The molecular formula is C16H26O5. The number of rotatable bonds is 5. The number of methoxy groups -OCH3 is 2. The van der Waals surface area contributed by atoms with Crippen molar-refractivity contribution < 1.29 is 23.7 Å². The molecule has 5 heteroatoms. The number of ether oxygens (including phenoxy) is 4. The molecule has 0 N–H and O–H groups in total. The first-order valence-electron chi connectivity index (χ1n) is 8.05. The summed E-state index contributed by atoms with van der Waals surface area (Å²) in [7, 11) is 3.13. The van der Waals surface area contributed by atoms with E-state index in [1.54, 1.807) is 7.11 Å². The van der Waals surface area contributed by atoms with Crippen molar-refractivity contribution in [3.8, 4) is 0 Å². The van der Waals surface area contributed by atoms with E-state index in [9.17, 15) is 4.79 Å². The molecule has 0 radical (unpaired) electrons. The minimum atomic E-state index is -0.213. The molecule has 2 bridgehead atoms. The van der Waals surface area contributed by atoms with Gasteiger partial charge in [0.2, 0.25) is 0 Å². The van der Waals surface area contributed by atoms with Crippen molar-refractivity contribution in [2.24, 2.45) is 23.7 Å². The zero-order valence-electron chi connectivity index (χ0n) is 13.3. The van der Waals surface area contributed by atoms with Gasteiger partial charge in [-0.25, -0.2) is 0 Å². The van der Waals surface area contributed by atoms with Gasteiger partial charge < -0.3 is 18.9 Å². The molecule has 0 saturated carbocycles. The largest absolute Gasteiger partial charge is 0.469 e. The maximum atomic E-state index is 12.2. The molecule has 0 aromatic carbocycles. The predicted octanol–water partition coefficient (Wildman–Crippen LogP) is 1.64. The zero-order valence-corrected chi connectivity index (χ0v) is 13.3. The van der Waals surface area contributed by atoms with Crippen molar-refractivity contribution in [1.82, 2.24) is 0 Å². The lowest BCUT2D eigenvalue weighted by Gasteiger charge is -2.34. The lowest BCUT2D eigenvalue weighted by Crippen LogP contribution is -2.47. The van der Waals surface area contributed by atoms with Gasteiger partial charge in [0.1, 0.15) is 0 Å². The minimum Gasteiger partial charge on any atom is -0.469 e. The smallest absolute Gasteiger partial charge is 0.311 e. The molecule has 0 aromatic rings. The van der Waals surface area contributed by atoms with Crippen LogP contribution in [0.4, 0.5) is 0 Å². The Morgan fingerprint density at radius 1 is 1.00 bits per heavy atom. The van der Waals surface area contributed by atoms with Crippen LogP contribution in [-0.4, -0.2) is 51.2 Å². The van der Waals surface area contributed by atoms with Crippen LogP contribution in [0, 0.1) is 23.7 Å². The summed E-state index contributed by atoms with van der Waals surface area (Å²) in [6.07, 6.45) is 2.39. The molecule has 3 saturated heterocycles. The van der Waals surface area contributed by atoms with Gasteiger partial charge in [0.25, 0.3) is 0 Å². The number of hydrogen-bond acceptors (Lipinski definition) is 5. The average Bonchev–Trinajstić information content (AvgIpc) is 3.14. The number of carbonyl (C=O) groups excluding carboxylic acids is 1. The molecule has 0 aromatic heterocycles. The average molecular weight is 298 g/mol. The van der Waals surface area contributed by atoms with Crippen LogP contribution in [0.5, 0.6) is 0 Å². The fourth-order valence-corrected chi connectivity index (χ4v) is 4.86. The molecule has 0 amide bonds. The second kappa shape index (κ2) is 5.86. The van der Waals surface area contributed by atoms with Gasteiger partial charge in [-0.3, -0.25) is 4.79 Å². The molecule has 3 aliphatic rings. The Kier molecular flexibility index (Phi) is 4.26. The van der Waals surface area contributed by atoms with Crippen molar-refractivity contribution in [3.63, 3.8) is 0 Å². The van der Waals surface area contributed by atoms with Crippen LogP contribution < -0.4 is 0 Å². The number of hydrogen-bond donors (Lipinski definition) is 0. The third-order valence-electron chi connectivity index (χ3n) is 5.60. The highest BCUT2D eigenvalue weighted by Gasteiger charge is 2.67. The minimum absolute atomic E-state index is 0.0607. The van der Waals surface area contributed by atoms with Crippen LogP contribution in [0.15, 0.2) is 0 Å². The van der Waals surface area contributed by atoms with Crippen molar-refractivity contribution >= 4 is 5.97 Å². The maximum Gasteiger partial charge on any atom is 0.311 e. The molecule has 3 fully saturated rings. The molecule has 8 atom stereocenters. The van der Waals surface area contributed by atoms with Gasteiger partial charge in [0.05, 0.1) is 44.1 Å². The molecule has 5 nitrogen and oxygen atoms in total. The summed E-state index contributed by atoms with van der Waals surface area (Å²) in [5, 5.41) is 0. The topological polar surface area (TPSA) is 54.0 Å². The zero-order chi connectivity index (χ0) is 15.1. The van der Waals surface area contributed by atoms with E-state index in [0.29, 0.717) is 18.4 Å². The molecule has 0 aliphatic carbocycles. The first-order valence-corrected chi connectivity index (χ1v) is 8.05. The summed E-state index contributed by atoms with van der Waals surface area (Å²) < 4.78 is 22.8. The second-order valence-corrected chi connectivity index (χ2v) is 6.42. The standard InChI is InChI=1S/C16H26O5/c1-5-9-12-13(10(6-2)20-9)15-11(16(17)19-4)8(7-18-3)14(12)21-15/h8-15H,5-7H2,1-4H3. The van der Waals surface area contributed by atoms with Gasteiger partial charge in [0, 0.05) is 24.9 Å². The molecular weight excluding hydrogens is 272 g/mol. The third-order valence-corrected chi connectivity index (χ3v) is 5.60.